The number of hydrogen-bond donors (Lipinski definition) is 1. The first-order valence-electron chi connectivity index (χ1n) is 7.78. The Bertz CT molecular complexity index is 593. The van der Waals surface area contributed by atoms with Crippen molar-refractivity contribution in [3.8, 4) is 0 Å². The van der Waals surface area contributed by atoms with Gasteiger partial charge in [0.15, 0.2) is 0 Å². The van der Waals surface area contributed by atoms with Gasteiger partial charge in [-0.05, 0) is 35.7 Å². The summed E-state index contributed by atoms with van der Waals surface area (Å²) in [7, 11) is 1.81. The molecule has 3 heteroatoms. The minimum Gasteiger partial charge on any atom is -0.380 e. The Hall–Kier alpha value is -1.42. The molecule has 0 spiro atoms. The Morgan fingerprint density at radius 1 is 1.24 bits per heavy atom. The fourth-order valence-corrected chi connectivity index (χ4v) is 3.46. The summed E-state index contributed by atoms with van der Waals surface area (Å²) in [5.41, 5.74) is 7.47. The highest BCUT2D eigenvalue weighted by Gasteiger charge is 2.26. The number of methoxy groups -OCH3 is 1. The van der Waals surface area contributed by atoms with Crippen molar-refractivity contribution in [2.24, 2.45) is 5.73 Å². The molecule has 0 amide bonds. The Labute approximate surface area is 126 Å². The first-order valence-corrected chi connectivity index (χ1v) is 7.78. The average molecular weight is 284 g/mol. The molecule has 2 atom stereocenters. The van der Waals surface area contributed by atoms with E-state index < -0.39 is 0 Å². The average Bonchev–Trinajstić information content (AvgIpc) is 2.56. The van der Waals surface area contributed by atoms with Crippen molar-refractivity contribution in [1.82, 2.24) is 4.90 Å². The highest BCUT2D eigenvalue weighted by molar-refractivity contribution is 5.86. The van der Waals surface area contributed by atoms with E-state index in [1.807, 2.05) is 7.11 Å². The monoisotopic (exact) mass is 284 g/mol. The predicted molar refractivity (Wildman–Crippen MR) is 87.3 cm³/mol. The third-order valence-electron chi connectivity index (χ3n) is 4.59. The number of likely N-dealkylation sites (tertiary alicyclic amines) is 1. The quantitative estimate of drug-likeness (QED) is 0.938. The zero-order valence-electron chi connectivity index (χ0n) is 12.7. The molecule has 0 aliphatic carbocycles. The molecule has 2 aromatic rings. The van der Waals surface area contributed by atoms with E-state index in [-0.39, 0.29) is 6.04 Å². The van der Waals surface area contributed by atoms with Gasteiger partial charge in [0.25, 0.3) is 0 Å². The van der Waals surface area contributed by atoms with E-state index >= 15 is 0 Å². The first kappa shape index (κ1) is 14.5. The third kappa shape index (κ3) is 2.95. The molecule has 0 saturated carbocycles. The maximum absolute atomic E-state index is 6.13. The topological polar surface area (TPSA) is 38.5 Å². The molecular formula is C18H24N2O. The molecule has 0 radical (unpaired) electrons. The van der Waals surface area contributed by atoms with Crippen molar-refractivity contribution in [2.45, 2.75) is 25.0 Å². The largest absolute Gasteiger partial charge is 0.380 e. The lowest BCUT2D eigenvalue weighted by Gasteiger charge is -2.38. The summed E-state index contributed by atoms with van der Waals surface area (Å²) in [5, 5.41) is 2.60. The molecule has 1 saturated heterocycles. The van der Waals surface area contributed by atoms with Gasteiger partial charge in [0.2, 0.25) is 0 Å². The second-order valence-corrected chi connectivity index (χ2v) is 5.81. The number of nitrogens with zero attached hydrogens (tertiary/aromatic N) is 1. The SMILES string of the molecule is COC1CCCN(C(CN)c2cccc3ccccc23)C1. The second-order valence-electron chi connectivity index (χ2n) is 5.81. The molecule has 21 heavy (non-hydrogen) atoms. The van der Waals surface area contributed by atoms with Gasteiger partial charge in [-0.15, -0.1) is 0 Å². The van der Waals surface area contributed by atoms with Gasteiger partial charge in [0, 0.05) is 26.2 Å². The van der Waals surface area contributed by atoms with Gasteiger partial charge in [-0.2, -0.15) is 0 Å². The summed E-state index contributed by atoms with van der Waals surface area (Å²) in [5.74, 6) is 0. The van der Waals surface area contributed by atoms with Crippen LogP contribution in [0.1, 0.15) is 24.4 Å². The summed E-state index contributed by atoms with van der Waals surface area (Å²) in [4.78, 5) is 2.49. The molecule has 3 nitrogen and oxygen atoms in total. The molecule has 2 unspecified atom stereocenters. The molecule has 0 aromatic heterocycles. The maximum Gasteiger partial charge on any atom is 0.0698 e. The molecule has 1 aliphatic heterocycles. The van der Waals surface area contributed by atoms with Crippen molar-refractivity contribution < 1.29 is 4.74 Å². The number of fused-ring (bicyclic) bond motifs is 1. The number of piperidine rings is 1. The predicted octanol–water partition coefficient (Wildman–Crippen LogP) is 2.95. The number of rotatable bonds is 4. The van der Waals surface area contributed by atoms with Crippen LogP contribution in [0.2, 0.25) is 0 Å². The summed E-state index contributed by atoms with van der Waals surface area (Å²) in [6, 6.07) is 15.4. The molecule has 1 fully saturated rings. The normalized spacial score (nSPS) is 21.5. The Morgan fingerprint density at radius 2 is 2.05 bits per heavy atom. The lowest BCUT2D eigenvalue weighted by molar-refractivity contribution is 0.0157. The summed E-state index contributed by atoms with van der Waals surface area (Å²) in [6.45, 7) is 2.72. The van der Waals surface area contributed by atoms with E-state index in [9.17, 15) is 0 Å². The summed E-state index contributed by atoms with van der Waals surface area (Å²) < 4.78 is 5.56. The van der Waals surface area contributed by atoms with Crippen molar-refractivity contribution >= 4 is 10.8 Å². The Morgan fingerprint density at radius 3 is 2.86 bits per heavy atom. The van der Waals surface area contributed by atoms with Gasteiger partial charge in [0.05, 0.1) is 6.10 Å². The number of hydrogen-bond acceptors (Lipinski definition) is 3. The van der Waals surface area contributed by atoms with Gasteiger partial charge in [0.1, 0.15) is 0 Å². The van der Waals surface area contributed by atoms with E-state index in [2.05, 4.69) is 47.4 Å². The van der Waals surface area contributed by atoms with Crippen LogP contribution in [0.4, 0.5) is 0 Å². The van der Waals surface area contributed by atoms with E-state index in [0.717, 1.165) is 19.5 Å². The van der Waals surface area contributed by atoms with Crippen LogP contribution in [0.3, 0.4) is 0 Å². The van der Waals surface area contributed by atoms with Crippen LogP contribution < -0.4 is 5.73 Å². The first-order chi connectivity index (χ1) is 10.3. The maximum atomic E-state index is 6.13. The molecule has 1 aliphatic rings. The van der Waals surface area contributed by atoms with Gasteiger partial charge in [-0.1, -0.05) is 42.5 Å². The second kappa shape index (κ2) is 6.56. The minimum absolute atomic E-state index is 0.272. The van der Waals surface area contributed by atoms with Crippen molar-refractivity contribution in [2.75, 3.05) is 26.7 Å². The number of ether oxygens (including phenoxy) is 1. The van der Waals surface area contributed by atoms with Crippen molar-refractivity contribution in [3.63, 3.8) is 0 Å². The third-order valence-corrected chi connectivity index (χ3v) is 4.59. The van der Waals surface area contributed by atoms with Gasteiger partial charge < -0.3 is 10.5 Å². The van der Waals surface area contributed by atoms with E-state index in [1.165, 1.54) is 22.8 Å². The minimum atomic E-state index is 0.272. The standard InChI is InChI=1S/C18H24N2O/c1-21-15-8-5-11-20(13-15)18(12-19)17-10-4-7-14-6-2-3-9-16(14)17/h2-4,6-7,9-10,15,18H,5,8,11-13,19H2,1H3. The van der Waals surface area contributed by atoms with E-state index in [4.69, 9.17) is 10.5 Å². The van der Waals surface area contributed by atoms with Gasteiger partial charge in [-0.3, -0.25) is 4.90 Å². The molecular weight excluding hydrogens is 260 g/mol. The zero-order valence-corrected chi connectivity index (χ0v) is 12.7. The molecule has 112 valence electrons. The zero-order chi connectivity index (χ0) is 14.7. The Kier molecular flexibility index (Phi) is 4.54. The van der Waals surface area contributed by atoms with E-state index in [1.54, 1.807) is 0 Å². The van der Waals surface area contributed by atoms with Crippen LogP contribution in [-0.4, -0.2) is 37.7 Å². The molecule has 2 N–H and O–H groups in total. The number of benzene rings is 2. The van der Waals surface area contributed by atoms with Crippen LogP contribution in [0.25, 0.3) is 10.8 Å². The van der Waals surface area contributed by atoms with Crippen LogP contribution in [0.5, 0.6) is 0 Å². The van der Waals surface area contributed by atoms with Gasteiger partial charge >= 0.3 is 0 Å². The molecule has 0 bridgehead atoms. The Balaban J connectivity index is 1.94. The van der Waals surface area contributed by atoms with Crippen LogP contribution >= 0.6 is 0 Å². The van der Waals surface area contributed by atoms with Crippen LogP contribution in [-0.2, 0) is 4.74 Å². The highest BCUT2D eigenvalue weighted by Crippen LogP contribution is 2.30. The smallest absolute Gasteiger partial charge is 0.0698 e. The lowest BCUT2D eigenvalue weighted by atomic mass is 9.95. The molecule has 2 aromatic carbocycles. The highest BCUT2D eigenvalue weighted by atomic mass is 16.5. The molecule has 1 heterocycles. The van der Waals surface area contributed by atoms with Crippen LogP contribution in [0.15, 0.2) is 42.5 Å². The summed E-state index contributed by atoms with van der Waals surface area (Å²) in [6.07, 6.45) is 2.67. The van der Waals surface area contributed by atoms with Crippen LogP contribution in [0, 0.1) is 0 Å². The summed E-state index contributed by atoms with van der Waals surface area (Å²) >= 11 is 0. The lowest BCUT2D eigenvalue weighted by Crippen LogP contribution is -2.43. The van der Waals surface area contributed by atoms with E-state index in [0.29, 0.717) is 12.6 Å². The van der Waals surface area contributed by atoms with Crippen molar-refractivity contribution in [3.05, 3.63) is 48.0 Å². The van der Waals surface area contributed by atoms with Crippen molar-refractivity contribution in [1.29, 1.82) is 0 Å². The fourth-order valence-electron chi connectivity index (χ4n) is 3.46. The number of nitrogens with two attached hydrogens (primary N) is 1. The molecule has 3 rings (SSSR count). The van der Waals surface area contributed by atoms with Gasteiger partial charge in [-0.25, -0.2) is 0 Å². The fraction of sp³-hybridized carbons (Fsp3) is 0.444.